The summed E-state index contributed by atoms with van der Waals surface area (Å²) in [6.07, 6.45) is 2.69. The number of rotatable bonds is 7. The second-order valence-electron chi connectivity index (χ2n) is 7.33. The summed E-state index contributed by atoms with van der Waals surface area (Å²) in [5, 5.41) is 3.11. The van der Waals surface area contributed by atoms with Gasteiger partial charge < -0.3 is 19.7 Å². The molecule has 1 aliphatic heterocycles. The quantitative estimate of drug-likeness (QED) is 0.662. The van der Waals surface area contributed by atoms with Gasteiger partial charge in [-0.2, -0.15) is 0 Å². The fourth-order valence-corrected chi connectivity index (χ4v) is 3.85. The third-order valence-electron chi connectivity index (χ3n) is 5.33. The Morgan fingerprint density at radius 3 is 2.33 bits per heavy atom. The predicted octanol–water partition coefficient (Wildman–Crippen LogP) is 3.82. The van der Waals surface area contributed by atoms with E-state index in [-0.39, 0.29) is 17.9 Å². The lowest BCUT2D eigenvalue weighted by Gasteiger charge is -2.32. The van der Waals surface area contributed by atoms with Gasteiger partial charge in [0.05, 0.1) is 14.2 Å². The highest BCUT2D eigenvalue weighted by Gasteiger charge is 2.25. The first-order valence-corrected chi connectivity index (χ1v) is 10.8. The summed E-state index contributed by atoms with van der Waals surface area (Å²) < 4.78 is 11.6. The Kier molecular flexibility index (Phi) is 7.74. The summed E-state index contributed by atoms with van der Waals surface area (Å²) in [5.41, 5.74) is 1.72. The van der Waals surface area contributed by atoms with Crippen LogP contribution in [0.4, 0.5) is 0 Å². The monoisotopic (exact) mass is 474 g/mol. The van der Waals surface area contributed by atoms with Gasteiger partial charge in [0.25, 0.3) is 5.91 Å². The number of methoxy groups -OCH3 is 2. The summed E-state index contributed by atoms with van der Waals surface area (Å²) in [4.78, 5) is 26.9. The van der Waals surface area contributed by atoms with E-state index < -0.39 is 0 Å². The third-order valence-corrected chi connectivity index (χ3v) is 5.86. The molecule has 0 aliphatic carbocycles. The van der Waals surface area contributed by atoms with E-state index in [9.17, 15) is 9.59 Å². The predicted molar refractivity (Wildman–Crippen MR) is 119 cm³/mol. The van der Waals surface area contributed by atoms with E-state index >= 15 is 0 Å². The van der Waals surface area contributed by atoms with Gasteiger partial charge in [-0.05, 0) is 55.2 Å². The first-order valence-electron chi connectivity index (χ1n) is 10.0. The van der Waals surface area contributed by atoms with Crippen molar-refractivity contribution >= 4 is 27.7 Å². The van der Waals surface area contributed by atoms with Crippen molar-refractivity contribution in [1.29, 1.82) is 0 Å². The zero-order valence-corrected chi connectivity index (χ0v) is 18.9. The molecule has 7 heteroatoms. The molecule has 1 aliphatic rings. The van der Waals surface area contributed by atoms with Gasteiger partial charge in [-0.25, -0.2) is 0 Å². The van der Waals surface area contributed by atoms with Crippen LogP contribution in [-0.4, -0.2) is 50.1 Å². The molecular weight excluding hydrogens is 448 g/mol. The molecule has 30 heavy (non-hydrogen) atoms. The van der Waals surface area contributed by atoms with Crippen molar-refractivity contribution in [2.45, 2.75) is 31.7 Å². The molecule has 2 aromatic carbocycles. The van der Waals surface area contributed by atoms with Gasteiger partial charge in [-0.1, -0.05) is 28.1 Å². The summed E-state index contributed by atoms with van der Waals surface area (Å²) >= 11 is 3.42. The molecule has 3 rings (SSSR count). The van der Waals surface area contributed by atoms with Gasteiger partial charge in [0, 0.05) is 35.6 Å². The highest BCUT2D eigenvalue weighted by Crippen LogP contribution is 2.28. The van der Waals surface area contributed by atoms with Crippen molar-refractivity contribution < 1.29 is 19.1 Å². The lowest BCUT2D eigenvalue weighted by atomic mass is 10.0. The molecule has 0 bridgehead atoms. The number of halogens is 1. The van der Waals surface area contributed by atoms with Gasteiger partial charge in [0.15, 0.2) is 11.5 Å². The van der Waals surface area contributed by atoms with Crippen LogP contribution < -0.4 is 14.8 Å². The largest absolute Gasteiger partial charge is 0.493 e. The maximum Gasteiger partial charge on any atom is 0.253 e. The van der Waals surface area contributed by atoms with Gasteiger partial charge in [0.2, 0.25) is 5.91 Å². The minimum Gasteiger partial charge on any atom is -0.493 e. The molecule has 160 valence electrons. The number of nitrogens with one attached hydrogen (secondary N) is 1. The molecule has 6 nitrogen and oxygen atoms in total. The van der Waals surface area contributed by atoms with Crippen LogP contribution in [0.2, 0.25) is 0 Å². The van der Waals surface area contributed by atoms with Crippen LogP contribution >= 0.6 is 15.9 Å². The van der Waals surface area contributed by atoms with Gasteiger partial charge >= 0.3 is 0 Å². The van der Waals surface area contributed by atoms with Gasteiger partial charge in [0.1, 0.15) is 0 Å². The van der Waals surface area contributed by atoms with Crippen molar-refractivity contribution in [3.05, 3.63) is 58.1 Å². The number of hydrogen-bond acceptors (Lipinski definition) is 4. The van der Waals surface area contributed by atoms with Crippen LogP contribution in [-0.2, 0) is 11.2 Å². The molecule has 1 saturated heterocycles. The van der Waals surface area contributed by atoms with Crippen molar-refractivity contribution in [1.82, 2.24) is 10.2 Å². The average molecular weight is 475 g/mol. The number of ether oxygens (including phenoxy) is 2. The van der Waals surface area contributed by atoms with Crippen molar-refractivity contribution in [3.8, 4) is 11.5 Å². The molecule has 1 fully saturated rings. The van der Waals surface area contributed by atoms with Crippen LogP contribution in [0, 0.1) is 0 Å². The lowest BCUT2D eigenvalue weighted by Crippen LogP contribution is -2.46. The van der Waals surface area contributed by atoms with Crippen molar-refractivity contribution in [2.75, 3.05) is 27.3 Å². The van der Waals surface area contributed by atoms with Gasteiger partial charge in [-0.3, -0.25) is 9.59 Å². The first-order chi connectivity index (χ1) is 14.5. The zero-order valence-electron chi connectivity index (χ0n) is 17.3. The lowest BCUT2D eigenvalue weighted by molar-refractivity contribution is -0.122. The molecule has 1 heterocycles. The fraction of sp³-hybridized carbons (Fsp3) is 0.391. The molecule has 1 N–H and O–H groups in total. The van der Waals surface area contributed by atoms with Crippen LogP contribution in [0.15, 0.2) is 46.9 Å². The smallest absolute Gasteiger partial charge is 0.253 e. The number of aryl methyl sites for hydroxylation is 1. The summed E-state index contributed by atoms with van der Waals surface area (Å²) in [5.74, 6) is 1.16. The maximum atomic E-state index is 12.8. The standard InChI is InChI=1S/C23H27BrN2O4/c1-29-20-9-6-17(15-21(20)30-2)23(28)26-13-11-19(12-14-26)25-22(27)10-5-16-3-7-18(24)8-4-16/h3-4,6-9,15,19H,5,10-14H2,1-2H3,(H,25,27). The third kappa shape index (κ3) is 5.75. The summed E-state index contributed by atoms with van der Waals surface area (Å²) in [6.45, 7) is 1.23. The Morgan fingerprint density at radius 1 is 1.03 bits per heavy atom. The number of hydrogen-bond donors (Lipinski definition) is 1. The molecule has 2 aromatic rings. The number of nitrogens with zero attached hydrogens (tertiary/aromatic N) is 1. The summed E-state index contributed by atoms with van der Waals surface area (Å²) in [7, 11) is 3.12. The van der Waals surface area contributed by atoms with Crippen molar-refractivity contribution in [2.24, 2.45) is 0 Å². The Bertz CT molecular complexity index is 877. The minimum atomic E-state index is -0.0315. The molecule has 2 amide bonds. The molecule has 0 spiro atoms. The zero-order chi connectivity index (χ0) is 21.5. The Labute approximate surface area is 185 Å². The first kappa shape index (κ1) is 22.2. The number of amides is 2. The fourth-order valence-electron chi connectivity index (χ4n) is 3.59. The maximum absolute atomic E-state index is 12.8. The van der Waals surface area contributed by atoms with Crippen LogP contribution in [0.5, 0.6) is 11.5 Å². The topological polar surface area (TPSA) is 67.9 Å². The van der Waals surface area contributed by atoms with E-state index in [2.05, 4.69) is 21.2 Å². The molecule has 0 atom stereocenters. The van der Waals surface area contributed by atoms with Crippen molar-refractivity contribution in [3.63, 3.8) is 0 Å². The second kappa shape index (κ2) is 10.5. The Balaban J connectivity index is 1.46. The number of carbonyl (C=O) groups is 2. The molecule has 0 unspecified atom stereocenters. The van der Waals surface area contributed by atoms with E-state index in [4.69, 9.17) is 9.47 Å². The van der Waals surface area contributed by atoms with E-state index in [0.717, 1.165) is 29.3 Å². The van der Waals surface area contributed by atoms with E-state index in [1.807, 2.05) is 29.2 Å². The second-order valence-corrected chi connectivity index (χ2v) is 8.25. The van der Waals surface area contributed by atoms with E-state index in [1.54, 1.807) is 32.4 Å². The summed E-state index contributed by atoms with van der Waals surface area (Å²) in [6, 6.07) is 13.3. The SMILES string of the molecule is COc1ccc(C(=O)N2CCC(NC(=O)CCc3ccc(Br)cc3)CC2)cc1OC. The van der Waals surface area contributed by atoms with Crippen LogP contribution in [0.3, 0.4) is 0 Å². The highest BCUT2D eigenvalue weighted by molar-refractivity contribution is 9.10. The number of benzene rings is 2. The molecule has 0 aromatic heterocycles. The molecular formula is C23H27BrN2O4. The Morgan fingerprint density at radius 2 is 1.70 bits per heavy atom. The number of carbonyl (C=O) groups excluding carboxylic acids is 2. The molecule has 0 saturated carbocycles. The number of piperidine rings is 1. The Hall–Kier alpha value is -2.54. The van der Waals surface area contributed by atoms with Crippen LogP contribution in [0.1, 0.15) is 35.2 Å². The number of likely N-dealkylation sites (tertiary alicyclic amines) is 1. The van der Waals surface area contributed by atoms with E-state index in [0.29, 0.717) is 36.6 Å². The van der Waals surface area contributed by atoms with Crippen LogP contribution in [0.25, 0.3) is 0 Å². The normalized spacial score (nSPS) is 14.3. The highest BCUT2D eigenvalue weighted by atomic mass is 79.9. The van der Waals surface area contributed by atoms with Gasteiger partial charge in [-0.15, -0.1) is 0 Å². The van der Waals surface area contributed by atoms with E-state index in [1.165, 1.54) is 0 Å². The minimum absolute atomic E-state index is 0.0315. The molecule has 0 radical (unpaired) electrons. The average Bonchev–Trinajstić information content (AvgIpc) is 2.78.